The smallest absolute Gasteiger partial charge is 0.410 e. The molecule has 1 aromatic heterocycles. The Hall–Kier alpha value is -5.27. The number of nitrogens with zero attached hydrogens (tertiary/aromatic N) is 1. The molecule has 0 radical (unpaired) electrons. The molecule has 13 heteroatoms. The number of amides is 2. The second-order valence-electron chi connectivity index (χ2n) is 10.4. The van der Waals surface area contributed by atoms with E-state index < -0.39 is 12.1 Å². The van der Waals surface area contributed by atoms with Gasteiger partial charge in [-0.3, -0.25) is 14.5 Å². The van der Waals surface area contributed by atoms with Crippen molar-refractivity contribution in [2.45, 2.75) is 13.2 Å². The standard InChI is InChI=1S/C35H41N3O10/c1-42-29-21-27-20-28(37-31(27)33(44-3)32(29)43-2)34(40)36-14-16-45-18-19-46-17-15-38(35(41)48-24-26-12-8-5-9-13-26)22-30(39)47-23-25-10-6-4-7-11-25/h4-13,20-21,37H,14-19,22-24H2,1-3H3,(H,36,40). The number of fused-ring (bicyclic) bond motifs is 1. The lowest BCUT2D eigenvalue weighted by Crippen LogP contribution is -2.39. The number of carbonyl (C=O) groups is 3. The number of hydrogen-bond acceptors (Lipinski definition) is 10. The van der Waals surface area contributed by atoms with E-state index in [9.17, 15) is 14.4 Å². The van der Waals surface area contributed by atoms with Crippen molar-refractivity contribution in [3.8, 4) is 17.2 Å². The van der Waals surface area contributed by atoms with Gasteiger partial charge in [-0.15, -0.1) is 0 Å². The van der Waals surface area contributed by atoms with Crippen LogP contribution in [0.4, 0.5) is 4.79 Å². The minimum Gasteiger partial charge on any atom is -0.493 e. The molecule has 1 heterocycles. The van der Waals surface area contributed by atoms with Crippen LogP contribution >= 0.6 is 0 Å². The second kappa shape index (κ2) is 18.8. The fraction of sp³-hybridized carbons (Fsp3) is 0.343. The third kappa shape index (κ3) is 10.4. The Labute approximate surface area is 278 Å². The summed E-state index contributed by atoms with van der Waals surface area (Å²) in [5.41, 5.74) is 2.62. The van der Waals surface area contributed by atoms with E-state index in [-0.39, 0.29) is 65.2 Å². The highest BCUT2D eigenvalue weighted by Crippen LogP contribution is 2.43. The van der Waals surface area contributed by atoms with Crippen molar-refractivity contribution in [3.63, 3.8) is 0 Å². The van der Waals surface area contributed by atoms with Crippen LogP contribution in [0.3, 0.4) is 0 Å². The van der Waals surface area contributed by atoms with E-state index in [1.165, 1.54) is 26.2 Å². The molecule has 0 bridgehead atoms. The summed E-state index contributed by atoms with van der Waals surface area (Å²) in [6.45, 7) is 1.16. The van der Waals surface area contributed by atoms with E-state index >= 15 is 0 Å². The average Bonchev–Trinajstić information content (AvgIpc) is 3.55. The zero-order valence-corrected chi connectivity index (χ0v) is 27.3. The van der Waals surface area contributed by atoms with E-state index in [4.69, 9.17) is 33.2 Å². The quantitative estimate of drug-likeness (QED) is 0.110. The number of H-pyrrole nitrogens is 1. The molecule has 0 saturated carbocycles. The Morgan fingerprint density at radius 3 is 1.98 bits per heavy atom. The lowest BCUT2D eigenvalue weighted by molar-refractivity contribution is -0.146. The number of ether oxygens (including phenoxy) is 7. The molecule has 0 aliphatic heterocycles. The van der Waals surface area contributed by atoms with Gasteiger partial charge in [-0.1, -0.05) is 60.7 Å². The molecule has 2 amide bonds. The Morgan fingerprint density at radius 1 is 0.729 bits per heavy atom. The normalized spacial score (nSPS) is 10.7. The molecule has 0 fully saturated rings. The minimum atomic E-state index is -0.655. The third-order valence-electron chi connectivity index (χ3n) is 7.10. The Balaban J connectivity index is 1.17. The van der Waals surface area contributed by atoms with E-state index in [0.29, 0.717) is 28.5 Å². The summed E-state index contributed by atoms with van der Waals surface area (Å²) in [5.74, 6) is 0.471. The summed E-state index contributed by atoms with van der Waals surface area (Å²) >= 11 is 0. The van der Waals surface area contributed by atoms with Gasteiger partial charge < -0.3 is 43.5 Å². The molecule has 3 aromatic carbocycles. The number of benzene rings is 3. The maximum atomic E-state index is 12.8. The SMILES string of the molecule is COc1cc2cc(C(=O)NCCOCCOCCN(CC(=O)OCc3ccccc3)C(=O)OCc3ccccc3)[nH]c2c(OC)c1OC. The molecule has 48 heavy (non-hydrogen) atoms. The van der Waals surface area contributed by atoms with Crippen LogP contribution < -0.4 is 19.5 Å². The fourth-order valence-corrected chi connectivity index (χ4v) is 4.68. The molecule has 13 nitrogen and oxygen atoms in total. The molecule has 4 rings (SSSR count). The van der Waals surface area contributed by atoms with Gasteiger partial charge in [0.05, 0.1) is 53.3 Å². The van der Waals surface area contributed by atoms with Crippen LogP contribution in [0.1, 0.15) is 21.6 Å². The number of rotatable bonds is 19. The van der Waals surface area contributed by atoms with Gasteiger partial charge in [-0.2, -0.15) is 0 Å². The highest BCUT2D eigenvalue weighted by molar-refractivity contribution is 6.01. The van der Waals surface area contributed by atoms with Gasteiger partial charge in [0.2, 0.25) is 5.75 Å². The Morgan fingerprint density at radius 2 is 1.35 bits per heavy atom. The Kier molecular flexibility index (Phi) is 13.9. The number of aromatic nitrogens is 1. The highest BCUT2D eigenvalue weighted by atomic mass is 16.6. The van der Waals surface area contributed by atoms with Gasteiger partial charge >= 0.3 is 12.1 Å². The number of nitrogens with one attached hydrogen (secondary N) is 2. The average molecular weight is 664 g/mol. The zero-order chi connectivity index (χ0) is 34.1. The maximum absolute atomic E-state index is 12.8. The largest absolute Gasteiger partial charge is 0.493 e. The lowest BCUT2D eigenvalue weighted by Gasteiger charge is -2.21. The molecular weight excluding hydrogens is 622 g/mol. The number of methoxy groups -OCH3 is 3. The molecule has 0 spiro atoms. The number of esters is 1. The zero-order valence-electron chi connectivity index (χ0n) is 27.3. The highest BCUT2D eigenvalue weighted by Gasteiger charge is 2.21. The molecule has 0 saturated heterocycles. The molecular formula is C35H41N3O10. The summed E-state index contributed by atoms with van der Waals surface area (Å²) < 4.78 is 38.2. The monoisotopic (exact) mass is 663 g/mol. The van der Waals surface area contributed by atoms with Crippen LogP contribution in [0, 0.1) is 0 Å². The van der Waals surface area contributed by atoms with E-state index in [1.54, 1.807) is 12.1 Å². The minimum absolute atomic E-state index is 0.0679. The van der Waals surface area contributed by atoms with Crippen molar-refractivity contribution >= 4 is 28.9 Å². The third-order valence-corrected chi connectivity index (χ3v) is 7.10. The van der Waals surface area contributed by atoms with Crippen LogP contribution in [0.2, 0.25) is 0 Å². The summed E-state index contributed by atoms with van der Waals surface area (Å²) in [5, 5.41) is 3.54. The first kappa shape index (κ1) is 35.6. The van der Waals surface area contributed by atoms with Gasteiger partial charge in [0.1, 0.15) is 25.5 Å². The number of aromatic amines is 1. The van der Waals surface area contributed by atoms with Crippen molar-refractivity contribution in [2.24, 2.45) is 0 Å². The number of hydrogen-bond donors (Lipinski definition) is 2. The van der Waals surface area contributed by atoms with Crippen LogP contribution in [-0.4, -0.2) is 95.2 Å². The summed E-state index contributed by atoms with van der Waals surface area (Å²) in [6, 6.07) is 22.0. The van der Waals surface area contributed by atoms with E-state index in [0.717, 1.165) is 16.5 Å². The van der Waals surface area contributed by atoms with Crippen molar-refractivity contribution in [3.05, 3.63) is 89.6 Å². The van der Waals surface area contributed by atoms with Crippen molar-refractivity contribution in [2.75, 3.05) is 67.4 Å². The van der Waals surface area contributed by atoms with Crippen LogP contribution in [0.15, 0.2) is 72.8 Å². The molecule has 2 N–H and O–H groups in total. The topological polar surface area (TPSA) is 147 Å². The molecule has 256 valence electrons. The van der Waals surface area contributed by atoms with Crippen molar-refractivity contribution < 1.29 is 47.5 Å². The van der Waals surface area contributed by atoms with Gasteiger partial charge in [0.25, 0.3) is 5.91 Å². The predicted molar refractivity (Wildman–Crippen MR) is 176 cm³/mol. The molecule has 0 aliphatic carbocycles. The second-order valence-corrected chi connectivity index (χ2v) is 10.4. The first-order chi connectivity index (χ1) is 23.4. The van der Waals surface area contributed by atoms with E-state index in [2.05, 4.69) is 10.3 Å². The fourth-order valence-electron chi connectivity index (χ4n) is 4.68. The summed E-state index contributed by atoms with van der Waals surface area (Å²) in [6.07, 6.45) is -0.655. The first-order valence-electron chi connectivity index (χ1n) is 15.3. The van der Waals surface area contributed by atoms with Crippen LogP contribution in [0.5, 0.6) is 17.2 Å². The molecule has 0 atom stereocenters. The Bertz CT molecular complexity index is 1610. The van der Waals surface area contributed by atoms with Gasteiger partial charge in [-0.25, -0.2) is 4.79 Å². The molecule has 0 unspecified atom stereocenters. The summed E-state index contributed by atoms with van der Waals surface area (Å²) in [4.78, 5) is 42.4. The summed E-state index contributed by atoms with van der Waals surface area (Å²) in [7, 11) is 4.55. The number of carbonyl (C=O) groups excluding carboxylic acids is 3. The van der Waals surface area contributed by atoms with Crippen molar-refractivity contribution in [1.82, 2.24) is 15.2 Å². The van der Waals surface area contributed by atoms with Gasteiger partial charge in [-0.05, 0) is 23.3 Å². The molecule has 4 aromatic rings. The van der Waals surface area contributed by atoms with Crippen molar-refractivity contribution in [1.29, 1.82) is 0 Å². The van der Waals surface area contributed by atoms with Gasteiger partial charge in [0.15, 0.2) is 11.5 Å². The van der Waals surface area contributed by atoms with Gasteiger partial charge in [0, 0.05) is 18.5 Å². The predicted octanol–water partition coefficient (Wildman–Crippen LogP) is 4.34. The van der Waals surface area contributed by atoms with Crippen LogP contribution in [-0.2, 0) is 37.0 Å². The maximum Gasteiger partial charge on any atom is 0.410 e. The lowest BCUT2D eigenvalue weighted by atomic mass is 10.2. The first-order valence-corrected chi connectivity index (χ1v) is 15.3. The molecule has 0 aliphatic rings. The van der Waals surface area contributed by atoms with Crippen LogP contribution in [0.25, 0.3) is 10.9 Å². The van der Waals surface area contributed by atoms with E-state index in [1.807, 2.05) is 60.7 Å².